The molecule has 1 atom stereocenters. The third kappa shape index (κ3) is 4.01. The number of methoxy groups -OCH3 is 2. The minimum Gasteiger partial charge on any atom is -0.504 e. The van der Waals surface area contributed by atoms with Crippen LogP contribution >= 0.6 is 27.3 Å². The number of benzene rings is 3. The average Bonchev–Trinajstić information content (AvgIpc) is 3.23. The molecule has 2 heterocycles. The summed E-state index contributed by atoms with van der Waals surface area (Å²) in [6.07, 6.45) is 3.42. The molecule has 0 bridgehead atoms. The summed E-state index contributed by atoms with van der Waals surface area (Å²) in [5.41, 5.74) is 5.82. The second-order valence-electron chi connectivity index (χ2n) is 8.93. The van der Waals surface area contributed by atoms with Gasteiger partial charge in [-0.05, 0) is 59.9 Å². The molecule has 186 valence electrons. The summed E-state index contributed by atoms with van der Waals surface area (Å²) >= 11 is 4.78. The second-order valence-corrected chi connectivity index (χ2v) is 10.9. The van der Waals surface area contributed by atoms with Crippen molar-refractivity contribution in [3.05, 3.63) is 113 Å². The van der Waals surface area contributed by atoms with E-state index in [2.05, 4.69) is 34.1 Å². The van der Waals surface area contributed by atoms with Crippen LogP contribution in [0.5, 0.6) is 17.2 Å². The third-order valence-corrected chi connectivity index (χ3v) is 8.32. The molecule has 0 fully saturated rings. The molecule has 8 heteroatoms. The number of aromatic hydroxyl groups is 1. The van der Waals surface area contributed by atoms with Gasteiger partial charge in [0.15, 0.2) is 16.3 Å². The highest BCUT2D eigenvalue weighted by atomic mass is 79.9. The number of hydrogen-bond acceptors (Lipinski definition) is 6. The Hall–Kier alpha value is -3.62. The van der Waals surface area contributed by atoms with E-state index < -0.39 is 0 Å². The maximum atomic E-state index is 13.9. The van der Waals surface area contributed by atoms with Crippen molar-refractivity contribution < 1.29 is 14.6 Å². The lowest BCUT2D eigenvalue weighted by atomic mass is 9.83. The van der Waals surface area contributed by atoms with Gasteiger partial charge in [0.2, 0.25) is 0 Å². The minimum absolute atomic E-state index is 0.0172. The summed E-state index contributed by atoms with van der Waals surface area (Å²) in [6, 6.07) is 19.4. The average molecular weight is 575 g/mol. The first-order chi connectivity index (χ1) is 18.0. The number of phenolic OH excluding ortho intramolecular Hbond substituents is 1. The van der Waals surface area contributed by atoms with E-state index >= 15 is 0 Å². The molecule has 1 aliphatic heterocycles. The van der Waals surface area contributed by atoms with Gasteiger partial charge in [0.25, 0.3) is 5.56 Å². The van der Waals surface area contributed by atoms with E-state index in [1.807, 2.05) is 30.3 Å². The van der Waals surface area contributed by atoms with Gasteiger partial charge in [0.05, 0.1) is 30.5 Å². The maximum Gasteiger partial charge on any atom is 0.271 e. The summed E-state index contributed by atoms with van der Waals surface area (Å²) in [6.45, 7) is 0. The number of aryl methyl sites for hydroxylation is 1. The minimum atomic E-state index is -0.279. The van der Waals surface area contributed by atoms with Gasteiger partial charge < -0.3 is 14.6 Å². The zero-order valence-electron chi connectivity index (χ0n) is 20.2. The first kappa shape index (κ1) is 23.8. The van der Waals surface area contributed by atoms with E-state index in [-0.39, 0.29) is 17.4 Å². The van der Waals surface area contributed by atoms with Crippen LogP contribution in [0.25, 0.3) is 11.8 Å². The summed E-state index contributed by atoms with van der Waals surface area (Å²) in [5, 5.41) is 10.7. The number of fused-ring (bicyclic) bond motifs is 3. The zero-order valence-corrected chi connectivity index (χ0v) is 22.6. The Labute approximate surface area is 225 Å². The van der Waals surface area contributed by atoms with Gasteiger partial charge in [-0.25, -0.2) is 4.99 Å². The molecule has 4 aromatic rings. The first-order valence-electron chi connectivity index (χ1n) is 11.8. The Kier molecular flexibility index (Phi) is 6.01. The summed E-state index contributed by atoms with van der Waals surface area (Å²) in [4.78, 5) is 19.6. The lowest BCUT2D eigenvalue weighted by molar-refractivity contribution is 0.372. The van der Waals surface area contributed by atoms with Crippen LogP contribution in [0.2, 0.25) is 0 Å². The summed E-state index contributed by atoms with van der Waals surface area (Å²) in [7, 11) is 3.14. The monoisotopic (exact) mass is 574 g/mol. The van der Waals surface area contributed by atoms with Crippen LogP contribution in [-0.2, 0) is 6.42 Å². The van der Waals surface area contributed by atoms with Crippen molar-refractivity contribution in [2.45, 2.75) is 18.9 Å². The maximum absolute atomic E-state index is 13.9. The van der Waals surface area contributed by atoms with E-state index in [4.69, 9.17) is 14.5 Å². The van der Waals surface area contributed by atoms with Crippen LogP contribution in [0, 0.1) is 0 Å². The predicted molar refractivity (Wildman–Crippen MR) is 148 cm³/mol. The molecule has 2 aliphatic rings. The summed E-state index contributed by atoms with van der Waals surface area (Å²) < 4.78 is 13.7. The van der Waals surface area contributed by atoms with Crippen LogP contribution in [0.3, 0.4) is 0 Å². The summed E-state index contributed by atoms with van der Waals surface area (Å²) in [5.74, 6) is 1.08. The highest BCUT2D eigenvalue weighted by Crippen LogP contribution is 2.41. The number of allylic oxidation sites excluding steroid dienone is 1. The number of hydrogen-bond donors (Lipinski definition) is 1. The van der Waals surface area contributed by atoms with Crippen LogP contribution in [0.4, 0.5) is 0 Å². The molecular formula is C29H23BrN2O4S. The smallest absolute Gasteiger partial charge is 0.271 e. The third-order valence-electron chi connectivity index (χ3n) is 6.88. The molecule has 0 saturated heterocycles. The molecule has 0 saturated carbocycles. The Morgan fingerprint density at radius 1 is 1.08 bits per heavy atom. The van der Waals surface area contributed by atoms with Crippen LogP contribution < -0.4 is 24.4 Å². The van der Waals surface area contributed by atoms with Gasteiger partial charge in [0, 0.05) is 15.6 Å². The lowest BCUT2D eigenvalue weighted by Crippen LogP contribution is -2.38. The number of nitrogens with zero attached hydrogens (tertiary/aromatic N) is 2. The predicted octanol–water partition coefficient (Wildman–Crippen LogP) is 4.80. The molecule has 0 spiro atoms. The Morgan fingerprint density at radius 3 is 2.62 bits per heavy atom. The molecule has 0 radical (unpaired) electrons. The zero-order chi connectivity index (χ0) is 25.7. The van der Waals surface area contributed by atoms with Crippen molar-refractivity contribution in [2.24, 2.45) is 4.99 Å². The number of rotatable bonds is 4. The molecule has 6 nitrogen and oxygen atoms in total. The van der Waals surface area contributed by atoms with Gasteiger partial charge in [0.1, 0.15) is 5.75 Å². The molecular weight excluding hydrogens is 552 g/mol. The van der Waals surface area contributed by atoms with Gasteiger partial charge in [-0.2, -0.15) is 0 Å². The second kappa shape index (κ2) is 9.36. The SMILES string of the molecule is COc1ccc([C@H]2C3=C(N=c4s/c(=C\c5cc(Br)cc(OC)c5O)c(=O)n42)c2ccccc2CC3)cc1. The van der Waals surface area contributed by atoms with E-state index in [9.17, 15) is 9.90 Å². The molecule has 6 rings (SSSR count). The van der Waals surface area contributed by atoms with Gasteiger partial charge in [-0.15, -0.1) is 0 Å². The topological polar surface area (TPSA) is 73.1 Å². The van der Waals surface area contributed by atoms with Crippen molar-refractivity contribution >= 4 is 39.0 Å². The Bertz CT molecular complexity index is 1750. The van der Waals surface area contributed by atoms with Crippen LogP contribution in [0.1, 0.15) is 34.7 Å². The van der Waals surface area contributed by atoms with Crippen LogP contribution in [-0.4, -0.2) is 23.9 Å². The number of aromatic nitrogens is 1. The number of ether oxygens (including phenoxy) is 2. The molecule has 37 heavy (non-hydrogen) atoms. The largest absolute Gasteiger partial charge is 0.504 e. The highest BCUT2D eigenvalue weighted by Gasteiger charge is 2.32. The van der Waals surface area contributed by atoms with Crippen molar-refractivity contribution in [2.75, 3.05) is 14.2 Å². The fourth-order valence-corrected chi connectivity index (χ4v) is 6.56. The lowest BCUT2D eigenvalue weighted by Gasteiger charge is -2.30. The Morgan fingerprint density at radius 2 is 1.86 bits per heavy atom. The Balaban J connectivity index is 1.61. The molecule has 0 amide bonds. The van der Waals surface area contributed by atoms with E-state index in [0.29, 0.717) is 20.6 Å². The first-order valence-corrected chi connectivity index (χ1v) is 13.4. The van der Waals surface area contributed by atoms with Gasteiger partial charge in [-0.1, -0.05) is 63.7 Å². The van der Waals surface area contributed by atoms with E-state index in [1.54, 1.807) is 29.9 Å². The fraction of sp³-hybridized carbons (Fsp3) is 0.172. The molecule has 0 unspecified atom stereocenters. The van der Waals surface area contributed by atoms with Crippen molar-refractivity contribution in [3.8, 4) is 17.2 Å². The van der Waals surface area contributed by atoms with Crippen LogP contribution in [0.15, 0.2) is 80.5 Å². The molecule has 1 aliphatic carbocycles. The number of halogens is 1. The van der Waals surface area contributed by atoms with E-state index in [1.165, 1.54) is 24.0 Å². The van der Waals surface area contributed by atoms with Gasteiger partial charge >= 0.3 is 0 Å². The fourth-order valence-electron chi connectivity index (χ4n) is 5.11. The molecule has 1 N–H and O–H groups in total. The van der Waals surface area contributed by atoms with Gasteiger partial charge in [-0.3, -0.25) is 9.36 Å². The standard InChI is InChI=1S/C29H23BrN2O4S/c1-35-20-10-7-17(8-11-20)26-22-12-9-16-5-3-4-6-21(16)25(22)31-29-32(26)28(34)24(37-29)14-18-13-19(30)15-23(36-2)27(18)33/h3-8,10-11,13-15,26,33H,9,12H2,1-2H3/b24-14-/t26-/m0/s1. The van der Waals surface area contributed by atoms with Crippen molar-refractivity contribution in [3.63, 3.8) is 0 Å². The van der Waals surface area contributed by atoms with E-state index in [0.717, 1.165) is 45.5 Å². The quantitative estimate of drug-likeness (QED) is 0.380. The number of thiazole rings is 1. The molecule has 1 aromatic heterocycles. The number of phenols is 1. The molecule has 3 aromatic carbocycles. The van der Waals surface area contributed by atoms with Crippen molar-refractivity contribution in [1.82, 2.24) is 4.57 Å². The normalized spacial score (nSPS) is 16.5. The van der Waals surface area contributed by atoms with Crippen molar-refractivity contribution in [1.29, 1.82) is 0 Å². The highest BCUT2D eigenvalue weighted by molar-refractivity contribution is 9.10.